The number of methoxy groups -OCH3 is 1. The van der Waals surface area contributed by atoms with Crippen molar-refractivity contribution in [2.45, 2.75) is 57.5 Å². The minimum Gasteiger partial charge on any atom is -0.467 e. The first kappa shape index (κ1) is 25.7. The second-order valence-electron chi connectivity index (χ2n) is 8.69. The lowest BCUT2D eigenvalue weighted by Gasteiger charge is -2.43. The summed E-state index contributed by atoms with van der Waals surface area (Å²) in [7, 11) is -3.08. The summed E-state index contributed by atoms with van der Waals surface area (Å²) in [6.07, 6.45) is 0.592. The van der Waals surface area contributed by atoms with E-state index in [4.69, 9.17) is 4.74 Å². The topological polar surface area (TPSA) is 127 Å². The number of nitro benzene ring substituents is 1. The number of ether oxygens (including phenoxy) is 1. The number of piperazine rings is 1. The number of hydrogen-bond donors (Lipinski definition) is 0. The van der Waals surface area contributed by atoms with Crippen LogP contribution in [0.3, 0.4) is 0 Å². The van der Waals surface area contributed by atoms with Gasteiger partial charge in [0, 0.05) is 19.2 Å². The third-order valence-electron chi connectivity index (χ3n) is 5.36. The summed E-state index contributed by atoms with van der Waals surface area (Å²) >= 11 is 0. The Kier molecular flexibility index (Phi) is 8.35. The van der Waals surface area contributed by atoms with E-state index in [0.717, 1.165) is 10.4 Å². The lowest BCUT2D eigenvalue weighted by molar-refractivity contribution is -0.387. The molecule has 178 valence electrons. The number of nitrogens with zero attached hydrogens (tertiary/aromatic N) is 3. The molecule has 1 aliphatic heterocycles. The standard InChI is InChI=1S/C21H31N3O7S/c1-14(2)12-17-20(25)22(18(13-15(3)4)21(26)31-5)10-11-23(17)32(29,30)19-9-7-6-8-16(19)24(27)28/h6-9,14-15,17-18H,10-13H2,1-5H3/t17-,18?/m0/s1. The number of carbonyl (C=O) groups is 2. The molecule has 0 bridgehead atoms. The van der Waals surface area contributed by atoms with Crippen molar-refractivity contribution in [3.8, 4) is 0 Å². The highest BCUT2D eigenvalue weighted by molar-refractivity contribution is 7.89. The van der Waals surface area contributed by atoms with Crippen molar-refractivity contribution in [1.29, 1.82) is 0 Å². The molecule has 1 aromatic rings. The lowest BCUT2D eigenvalue weighted by Crippen LogP contribution is -2.62. The molecule has 0 aliphatic carbocycles. The van der Waals surface area contributed by atoms with E-state index in [2.05, 4.69) is 0 Å². The Labute approximate surface area is 188 Å². The summed E-state index contributed by atoms with van der Waals surface area (Å²) in [5.74, 6) is -0.980. The Morgan fingerprint density at radius 1 is 1.19 bits per heavy atom. The van der Waals surface area contributed by atoms with Gasteiger partial charge in [-0.15, -0.1) is 0 Å². The molecular formula is C21H31N3O7S. The quantitative estimate of drug-likeness (QED) is 0.309. The van der Waals surface area contributed by atoms with Gasteiger partial charge in [0.15, 0.2) is 4.90 Å². The van der Waals surface area contributed by atoms with Crippen molar-refractivity contribution in [1.82, 2.24) is 9.21 Å². The summed E-state index contributed by atoms with van der Waals surface area (Å²) in [5, 5.41) is 11.4. The van der Waals surface area contributed by atoms with Crippen LogP contribution in [0, 0.1) is 22.0 Å². The maximum atomic E-state index is 13.5. The molecular weight excluding hydrogens is 438 g/mol. The minimum atomic E-state index is -4.34. The summed E-state index contributed by atoms with van der Waals surface area (Å²) in [6, 6.07) is 3.20. The van der Waals surface area contributed by atoms with Gasteiger partial charge in [0.1, 0.15) is 12.1 Å². The van der Waals surface area contributed by atoms with Crippen molar-refractivity contribution < 1.29 is 27.7 Å². The van der Waals surface area contributed by atoms with Crippen molar-refractivity contribution >= 4 is 27.6 Å². The maximum absolute atomic E-state index is 13.5. The zero-order valence-electron chi connectivity index (χ0n) is 19.1. The van der Waals surface area contributed by atoms with Gasteiger partial charge in [-0.2, -0.15) is 4.31 Å². The van der Waals surface area contributed by atoms with Crippen LogP contribution in [0.25, 0.3) is 0 Å². The largest absolute Gasteiger partial charge is 0.467 e. The third-order valence-corrected chi connectivity index (χ3v) is 7.32. The van der Waals surface area contributed by atoms with Gasteiger partial charge in [-0.3, -0.25) is 14.9 Å². The van der Waals surface area contributed by atoms with E-state index in [-0.39, 0.29) is 31.3 Å². The maximum Gasteiger partial charge on any atom is 0.328 e. The Morgan fingerprint density at radius 2 is 1.81 bits per heavy atom. The highest BCUT2D eigenvalue weighted by atomic mass is 32.2. The van der Waals surface area contributed by atoms with Gasteiger partial charge in [-0.05, 0) is 30.7 Å². The van der Waals surface area contributed by atoms with Gasteiger partial charge in [-0.1, -0.05) is 39.8 Å². The number of nitro groups is 1. The summed E-state index contributed by atoms with van der Waals surface area (Å²) in [5.41, 5.74) is -0.544. The van der Waals surface area contributed by atoms with Crippen LogP contribution in [-0.2, 0) is 24.3 Å². The number of rotatable bonds is 9. The van der Waals surface area contributed by atoms with E-state index in [0.29, 0.717) is 6.42 Å². The van der Waals surface area contributed by atoms with Crippen LogP contribution in [0.15, 0.2) is 29.2 Å². The molecule has 1 heterocycles. The average Bonchev–Trinajstić information content (AvgIpc) is 2.72. The third kappa shape index (κ3) is 5.44. The second-order valence-corrected chi connectivity index (χ2v) is 10.5. The van der Waals surface area contributed by atoms with E-state index in [1.54, 1.807) is 0 Å². The molecule has 32 heavy (non-hydrogen) atoms. The zero-order valence-corrected chi connectivity index (χ0v) is 19.9. The highest BCUT2D eigenvalue weighted by Crippen LogP contribution is 2.32. The van der Waals surface area contributed by atoms with Crippen molar-refractivity contribution in [2.24, 2.45) is 11.8 Å². The number of esters is 1. The molecule has 1 fully saturated rings. The SMILES string of the molecule is COC(=O)C(CC(C)C)N1CCN(S(=O)(=O)c2ccccc2[N+](=O)[O-])[C@@H](CC(C)C)C1=O. The number of carbonyl (C=O) groups excluding carboxylic acids is 2. The summed E-state index contributed by atoms with van der Waals surface area (Å²) in [6.45, 7) is 7.45. The van der Waals surface area contributed by atoms with Crippen LogP contribution >= 0.6 is 0 Å². The molecule has 2 atom stereocenters. The van der Waals surface area contributed by atoms with Crippen LogP contribution in [-0.4, -0.2) is 66.7 Å². The van der Waals surface area contributed by atoms with Gasteiger partial charge in [0.25, 0.3) is 15.7 Å². The van der Waals surface area contributed by atoms with Gasteiger partial charge in [0.2, 0.25) is 5.91 Å². The molecule has 1 aliphatic rings. The van der Waals surface area contributed by atoms with E-state index in [9.17, 15) is 28.1 Å². The lowest BCUT2D eigenvalue weighted by atomic mass is 9.97. The number of hydrogen-bond acceptors (Lipinski definition) is 7. The van der Waals surface area contributed by atoms with Crippen LogP contribution < -0.4 is 0 Å². The Bertz CT molecular complexity index is 962. The van der Waals surface area contributed by atoms with Crippen molar-refractivity contribution in [2.75, 3.05) is 20.2 Å². The van der Waals surface area contributed by atoms with Crippen LogP contribution in [0.5, 0.6) is 0 Å². The summed E-state index contributed by atoms with van der Waals surface area (Å²) in [4.78, 5) is 37.5. The van der Waals surface area contributed by atoms with Gasteiger partial charge in [0.05, 0.1) is 12.0 Å². The molecule has 0 aromatic heterocycles. The van der Waals surface area contributed by atoms with E-state index in [1.807, 2.05) is 27.7 Å². The number of amides is 1. The van der Waals surface area contributed by atoms with Crippen LogP contribution in [0.4, 0.5) is 5.69 Å². The monoisotopic (exact) mass is 469 g/mol. The highest BCUT2D eigenvalue weighted by Gasteiger charge is 2.46. The number of para-hydroxylation sites is 1. The predicted octanol–water partition coefficient (Wildman–Crippen LogP) is 2.43. The van der Waals surface area contributed by atoms with E-state index in [1.165, 1.54) is 30.2 Å². The van der Waals surface area contributed by atoms with Gasteiger partial charge in [-0.25, -0.2) is 13.2 Å². The summed E-state index contributed by atoms with van der Waals surface area (Å²) < 4.78 is 32.8. The molecule has 0 radical (unpaired) electrons. The van der Waals surface area contributed by atoms with Crippen LogP contribution in [0.1, 0.15) is 40.5 Å². The average molecular weight is 470 g/mol. The van der Waals surface area contributed by atoms with Gasteiger partial charge < -0.3 is 9.64 Å². The van der Waals surface area contributed by atoms with Crippen molar-refractivity contribution in [3.63, 3.8) is 0 Å². The first-order valence-corrected chi connectivity index (χ1v) is 12.0. The molecule has 11 heteroatoms. The second kappa shape index (κ2) is 10.4. The smallest absolute Gasteiger partial charge is 0.328 e. The Hall–Kier alpha value is -2.53. The number of sulfonamides is 1. The van der Waals surface area contributed by atoms with Crippen LogP contribution in [0.2, 0.25) is 0 Å². The first-order chi connectivity index (χ1) is 14.9. The van der Waals surface area contributed by atoms with Gasteiger partial charge >= 0.3 is 5.97 Å². The molecule has 0 saturated carbocycles. The molecule has 0 spiro atoms. The molecule has 10 nitrogen and oxygen atoms in total. The molecule has 1 saturated heterocycles. The number of benzene rings is 1. The Morgan fingerprint density at radius 3 is 2.34 bits per heavy atom. The fraction of sp³-hybridized carbons (Fsp3) is 0.619. The Balaban J connectivity index is 2.50. The fourth-order valence-corrected chi connectivity index (χ4v) is 5.68. The molecule has 1 aromatic carbocycles. The van der Waals surface area contributed by atoms with E-state index >= 15 is 0 Å². The molecule has 1 unspecified atom stereocenters. The van der Waals surface area contributed by atoms with E-state index < -0.39 is 49.5 Å². The molecule has 2 rings (SSSR count). The van der Waals surface area contributed by atoms with Crippen molar-refractivity contribution in [3.05, 3.63) is 34.4 Å². The zero-order chi connectivity index (χ0) is 24.2. The molecule has 0 N–H and O–H groups in total. The minimum absolute atomic E-state index is 0.0141. The fourth-order valence-electron chi connectivity index (χ4n) is 3.93. The normalized spacial score (nSPS) is 18.8. The predicted molar refractivity (Wildman–Crippen MR) is 117 cm³/mol. The first-order valence-electron chi connectivity index (χ1n) is 10.5. The molecule has 1 amide bonds.